The molecule has 0 aliphatic rings. The molecule has 0 saturated carbocycles. The van der Waals surface area contributed by atoms with Gasteiger partial charge in [-0.2, -0.15) is 5.10 Å². The van der Waals surface area contributed by atoms with Crippen LogP contribution >= 0.6 is 11.6 Å². The van der Waals surface area contributed by atoms with E-state index in [1.165, 1.54) is 6.21 Å². The zero-order valence-electron chi connectivity index (χ0n) is 13.3. The van der Waals surface area contributed by atoms with Gasteiger partial charge in [-0.25, -0.2) is 5.43 Å². The van der Waals surface area contributed by atoms with E-state index in [9.17, 15) is 9.59 Å². The third-order valence-electron chi connectivity index (χ3n) is 3.12. The smallest absolute Gasteiger partial charge is 0.329 e. The van der Waals surface area contributed by atoms with Gasteiger partial charge in [-0.1, -0.05) is 35.9 Å². The normalized spacial score (nSPS) is 10.5. The quantitative estimate of drug-likeness (QED) is 0.508. The maximum Gasteiger partial charge on any atom is 0.329 e. The Labute approximate surface area is 145 Å². The van der Waals surface area contributed by atoms with Crippen molar-refractivity contribution in [1.29, 1.82) is 0 Å². The number of carbonyl (C=O) groups excluding carboxylic acids is 2. The molecule has 7 heteroatoms. The Kier molecular flexibility index (Phi) is 5.92. The van der Waals surface area contributed by atoms with Crippen LogP contribution in [0.3, 0.4) is 0 Å². The van der Waals surface area contributed by atoms with Crippen molar-refractivity contribution >= 4 is 41.0 Å². The average molecular weight is 345 g/mol. The van der Waals surface area contributed by atoms with Crippen molar-refractivity contribution in [3.63, 3.8) is 0 Å². The number of benzene rings is 2. The number of anilines is 2. The van der Waals surface area contributed by atoms with Gasteiger partial charge in [-0.15, -0.1) is 0 Å². The Morgan fingerprint density at radius 3 is 2.33 bits per heavy atom. The summed E-state index contributed by atoms with van der Waals surface area (Å²) in [6, 6.07) is 14.2. The van der Waals surface area contributed by atoms with E-state index in [0.717, 1.165) is 11.3 Å². The number of rotatable bonds is 4. The van der Waals surface area contributed by atoms with E-state index in [4.69, 9.17) is 11.6 Å². The van der Waals surface area contributed by atoms with Gasteiger partial charge in [0, 0.05) is 19.8 Å². The van der Waals surface area contributed by atoms with E-state index in [2.05, 4.69) is 15.8 Å². The van der Waals surface area contributed by atoms with Crippen LogP contribution in [0.2, 0.25) is 5.02 Å². The van der Waals surface area contributed by atoms with Crippen molar-refractivity contribution in [3.05, 3.63) is 59.1 Å². The van der Waals surface area contributed by atoms with E-state index >= 15 is 0 Å². The SMILES string of the molecule is CN(C)c1ccc(C=NNC(=O)C(=O)Nc2ccccc2Cl)cc1. The Bertz CT molecular complexity index is 757. The second-order valence-electron chi connectivity index (χ2n) is 5.12. The van der Waals surface area contributed by atoms with E-state index in [0.29, 0.717) is 10.7 Å². The van der Waals surface area contributed by atoms with Crippen LogP contribution in [0.1, 0.15) is 5.56 Å². The largest absolute Gasteiger partial charge is 0.378 e. The number of nitrogens with one attached hydrogen (secondary N) is 2. The summed E-state index contributed by atoms with van der Waals surface area (Å²) in [6.07, 6.45) is 1.46. The molecular formula is C17H17ClN4O2. The van der Waals surface area contributed by atoms with Crippen LogP contribution in [0.5, 0.6) is 0 Å². The highest BCUT2D eigenvalue weighted by Crippen LogP contribution is 2.20. The van der Waals surface area contributed by atoms with Gasteiger partial charge in [0.15, 0.2) is 0 Å². The Morgan fingerprint density at radius 1 is 1.04 bits per heavy atom. The minimum absolute atomic E-state index is 0.350. The molecule has 0 spiro atoms. The highest BCUT2D eigenvalue weighted by atomic mass is 35.5. The minimum atomic E-state index is -0.879. The predicted molar refractivity (Wildman–Crippen MR) is 96.6 cm³/mol. The van der Waals surface area contributed by atoms with Crippen LogP contribution in [0.25, 0.3) is 0 Å². The summed E-state index contributed by atoms with van der Waals surface area (Å²) in [4.78, 5) is 25.4. The van der Waals surface area contributed by atoms with E-state index in [1.54, 1.807) is 24.3 Å². The van der Waals surface area contributed by atoms with Crippen molar-refractivity contribution in [1.82, 2.24) is 5.43 Å². The van der Waals surface area contributed by atoms with Gasteiger partial charge in [0.05, 0.1) is 16.9 Å². The lowest BCUT2D eigenvalue weighted by molar-refractivity contribution is -0.136. The topological polar surface area (TPSA) is 73.8 Å². The van der Waals surface area contributed by atoms with Gasteiger partial charge in [-0.3, -0.25) is 9.59 Å². The third-order valence-corrected chi connectivity index (χ3v) is 3.45. The van der Waals surface area contributed by atoms with E-state index < -0.39 is 11.8 Å². The lowest BCUT2D eigenvalue weighted by Crippen LogP contribution is -2.32. The third kappa shape index (κ3) is 4.82. The lowest BCUT2D eigenvalue weighted by Gasteiger charge is -2.11. The van der Waals surface area contributed by atoms with Gasteiger partial charge in [0.25, 0.3) is 0 Å². The monoisotopic (exact) mass is 344 g/mol. The lowest BCUT2D eigenvalue weighted by atomic mass is 10.2. The molecule has 0 heterocycles. The van der Waals surface area contributed by atoms with Crippen molar-refractivity contribution in [2.45, 2.75) is 0 Å². The molecule has 0 aliphatic heterocycles. The maximum absolute atomic E-state index is 11.8. The fourth-order valence-corrected chi connectivity index (χ4v) is 2.00. The standard InChI is InChI=1S/C17H17ClN4O2/c1-22(2)13-9-7-12(8-10-13)11-19-21-17(24)16(23)20-15-6-4-3-5-14(15)18/h3-11H,1-2H3,(H,20,23)(H,21,24). The van der Waals surface area contributed by atoms with Gasteiger partial charge < -0.3 is 10.2 Å². The summed E-state index contributed by atoms with van der Waals surface area (Å²) in [5, 5.41) is 6.54. The van der Waals surface area contributed by atoms with Crippen LogP contribution in [-0.4, -0.2) is 32.1 Å². The molecule has 0 aliphatic carbocycles. The minimum Gasteiger partial charge on any atom is -0.378 e. The van der Waals surface area contributed by atoms with Crippen LogP contribution in [0, 0.1) is 0 Å². The second kappa shape index (κ2) is 8.12. The number of para-hydroxylation sites is 1. The molecule has 2 aromatic carbocycles. The first kappa shape index (κ1) is 17.5. The zero-order valence-corrected chi connectivity index (χ0v) is 14.0. The Hall–Kier alpha value is -2.86. The van der Waals surface area contributed by atoms with Gasteiger partial charge in [-0.05, 0) is 29.8 Å². The van der Waals surface area contributed by atoms with E-state index in [-0.39, 0.29) is 0 Å². The molecular weight excluding hydrogens is 328 g/mol. The summed E-state index contributed by atoms with van der Waals surface area (Å²) in [5.74, 6) is -1.72. The molecule has 2 amide bonds. The number of carbonyl (C=O) groups is 2. The number of amides is 2. The molecule has 0 fully saturated rings. The molecule has 2 aromatic rings. The summed E-state index contributed by atoms with van der Waals surface area (Å²) in [6.45, 7) is 0. The fraction of sp³-hybridized carbons (Fsp3) is 0.118. The molecule has 0 radical (unpaired) electrons. The highest BCUT2D eigenvalue weighted by molar-refractivity contribution is 6.41. The van der Waals surface area contributed by atoms with Gasteiger partial charge >= 0.3 is 11.8 Å². The van der Waals surface area contributed by atoms with Gasteiger partial charge in [0.2, 0.25) is 0 Å². The molecule has 0 bridgehead atoms. The molecule has 124 valence electrons. The maximum atomic E-state index is 11.8. The second-order valence-corrected chi connectivity index (χ2v) is 5.53. The van der Waals surface area contributed by atoms with Crippen molar-refractivity contribution in [2.75, 3.05) is 24.3 Å². The number of hydrazone groups is 1. The predicted octanol–water partition coefficient (Wildman–Crippen LogP) is 2.49. The molecule has 2 rings (SSSR count). The molecule has 0 aromatic heterocycles. The average Bonchev–Trinajstić information content (AvgIpc) is 2.57. The van der Waals surface area contributed by atoms with Crippen molar-refractivity contribution < 1.29 is 9.59 Å². The molecule has 0 unspecified atom stereocenters. The first-order valence-electron chi connectivity index (χ1n) is 7.13. The zero-order chi connectivity index (χ0) is 17.5. The summed E-state index contributed by atoms with van der Waals surface area (Å²) >= 11 is 5.91. The summed E-state index contributed by atoms with van der Waals surface area (Å²) < 4.78 is 0. The van der Waals surface area contributed by atoms with Crippen LogP contribution in [0.15, 0.2) is 53.6 Å². The van der Waals surface area contributed by atoms with E-state index in [1.807, 2.05) is 43.3 Å². The van der Waals surface area contributed by atoms with Crippen molar-refractivity contribution in [3.8, 4) is 0 Å². The van der Waals surface area contributed by atoms with Crippen LogP contribution in [0.4, 0.5) is 11.4 Å². The fourth-order valence-electron chi connectivity index (χ4n) is 1.82. The molecule has 0 atom stereocenters. The molecule has 24 heavy (non-hydrogen) atoms. The first-order chi connectivity index (χ1) is 11.5. The molecule has 6 nitrogen and oxygen atoms in total. The highest BCUT2D eigenvalue weighted by Gasteiger charge is 2.13. The Balaban J connectivity index is 1.90. The summed E-state index contributed by atoms with van der Waals surface area (Å²) in [7, 11) is 3.89. The Morgan fingerprint density at radius 2 is 1.71 bits per heavy atom. The number of nitrogens with zero attached hydrogens (tertiary/aromatic N) is 2. The van der Waals surface area contributed by atoms with Gasteiger partial charge in [0.1, 0.15) is 0 Å². The van der Waals surface area contributed by atoms with Crippen LogP contribution in [-0.2, 0) is 9.59 Å². The summed E-state index contributed by atoms with van der Waals surface area (Å²) in [5.41, 5.74) is 4.39. The van der Waals surface area contributed by atoms with Crippen molar-refractivity contribution in [2.24, 2.45) is 5.10 Å². The molecule has 2 N–H and O–H groups in total. The van der Waals surface area contributed by atoms with Crippen LogP contribution < -0.4 is 15.6 Å². The first-order valence-corrected chi connectivity index (χ1v) is 7.51. The molecule has 0 saturated heterocycles. The number of hydrogen-bond acceptors (Lipinski definition) is 4. The number of halogens is 1. The number of hydrogen-bond donors (Lipinski definition) is 2.